The van der Waals surface area contributed by atoms with Crippen LogP contribution in [0.1, 0.15) is 41.6 Å². The maximum atomic E-state index is 11.7. The van der Waals surface area contributed by atoms with Gasteiger partial charge in [-0.1, -0.05) is 30.3 Å². The van der Waals surface area contributed by atoms with Crippen LogP contribution in [0, 0.1) is 12.8 Å². The van der Waals surface area contributed by atoms with Gasteiger partial charge in [0.25, 0.3) is 5.91 Å². The summed E-state index contributed by atoms with van der Waals surface area (Å²) in [6.45, 7) is 3.79. The molecule has 5 rings (SSSR count). The van der Waals surface area contributed by atoms with Crippen LogP contribution in [0.2, 0.25) is 0 Å². The number of fused-ring (bicyclic) bond motifs is 1. The molecule has 32 heavy (non-hydrogen) atoms. The Morgan fingerprint density at radius 1 is 0.906 bits per heavy atom. The minimum absolute atomic E-state index is 0.130. The summed E-state index contributed by atoms with van der Waals surface area (Å²) in [5.41, 5.74) is 6.42. The van der Waals surface area contributed by atoms with Gasteiger partial charge in [0.15, 0.2) is 0 Å². The summed E-state index contributed by atoms with van der Waals surface area (Å²) in [6, 6.07) is 14.9. The molecule has 2 saturated heterocycles. The fraction of sp³-hybridized carbons (Fsp3) is 0.440. The van der Waals surface area contributed by atoms with E-state index >= 15 is 0 Å². The first kappa shape index (κ1) is 23.8. The molecule has 2 aliphatic heterocycles. The van der Waals surface area contributed by atoms with Crippen LogP contribution in [0.25, 0.3) is 0 Å². The minimum atomic E-state index is -0.154. The van der Waals surface area contributed by atoms with Crippen molar-refractivity contribution in [3.63, 3.8) is 0 Å². The van der Waals surface area contributed by atoms with Gasteiger partial charge in [0.05, 0.1) is 17.8 Å². The van der Waals surface area contributed by atoms with Crippen molar-refractivity contribution in [2.24, 2.45) is 11.7 Å². The number of ether oxygens (including phenoxy) is 3. The molecule has 2 aromatic carbocycles. The van der Waals surface area contributed by atoms with Crippen molar-refractivity contribution in [2.45, 2.75) is 44.8 Å². The molecule has 7 heteroatoms. The summed E-state index contributed by atoms with van der Waals surface area (Å²) in [6.07, 6.45) is 5.19. The average molecular weight is 441 g/mol. The Kier molecular flexibility index (Phi) is 8.64. The Morgan fingerprint density at radius 2 is 1.47 bits per heavy atom. The third-order valence-corrected chi connectivity index (χ3v) is 5.54. The molecule has 0 radical (unpaired) electrons. The van der Waals surface area contributed by atoms with E-state index < -0.39 is 0 Å². The van der Waals surface area contributed by atoms with E-state index in [2.05, 4.69) is 5.32 Å². The highest BCUT2D eigenvalue weighted by Crippen LogP contribution is 2.28. The third kappa shape index (κ3) is 6.80. The molecule has 0 spiro atoms. The highest BCUT2D eigenvalue weighted by molar-refractivity contribution is 5.96. The van der Waals surface area contributed by atoms with Gasteiger partial charge in [-0.3, -0.25) is 9.59 Å². The lowest BCUT2D eigenvalue weighted by Crippen LogP contribution is -2.18. The van der Waals surface area contributed by atoms with Gasteiger partial charge in [-0.25, -0.2) is 0 Å². The first-order valence-electron chi connectivity index (χ1n) is 11.1. The Labute approximate surface area is 189 Å². The number of amides is 2. The summed E-state index contributed by atoms with van der Waals surface area (Å²) in [5, 5.41) is 2.60. The van der Waals surface area contributed by atoms with E-state index in [0.717, 1.165) is 50.2 Å². The number of aryl methyl sites for hydroxylation is 1. The topological polar surface area (TPSA) is 99.9 Å². The maximum absolute atomic E-state index is 11.7. The molecule has 3 aliphatic rings. The zero-order valence-electron chi connectivity index (χ0n) is 18.7. The van der Waals surface area contributed by atoms with Gasteiger partial charge in [-0.15, -0.1) is 0 Å². The van der Waals surface area contributed by atoms with Gasteiger partial charge in [0.1, 0.15) is 11.5 Å². The van der Waals surface area contributed by atoms with Crippen molar-refractivity contribution in [3.8, 4) is 11.5 Å². The Balaban J connectivity index is 0.000000167. The molecule has 3 N–H and O–H groups in total. The summed E-state index contributed by atoms with van der Waals surface area (Å²) in [4.78, 5) is 21.7. The lowest BCUT2D eigenvalue weighted by molar-refractivity contribution is -0.119. The van der Waals surface area contributed by atoms with Crippen LogP contribution in [0.5, 0.6) is 11.5 Å². The predicted molar refractivity (Wildman–Crippen MR) is 122 cm³/mol. The van der Waals surface area contributed by atoms with Gasteiger partial charge < -0.3 is 25.3 Å². The summed E-state index contributed by atoms with van der Waals surface area (Å²) in [7, 11) is 1.60. The molecule has 7 nitrogen and oxygen atoms in total. The zero-order valence-corrected chi connectivity index (χ0v) is 18.7. The molecule has 172 valence electrons. The summed E-state index contributed by atoms with van der Waals surface area (Å²) in [5.74, 6) is 1.28. The van der Waals surface area contributed by atoms with E-state index in [9.17, 15) is 9.59 Å². The Hall–Kier alpha value is -2.90. The molecule has 0 bridgehead atoms. The van der Waals surface area contributed by atoms with Crippen molar-refractivity contribution in [1.82, 2.24) is 5.32 Å². The highest BCUT2D eigenvalue weighted by Gasteiger charge is 2.33. The van der Waals surface area contributed by atoms with Gasteiger partial charge in [-0.2, -0.15) is 0 Å². The molecule has 2 aromatic rings. The highest BCUT2D eigenvalue weighted by atomic mass is 16.6. The van der Waals surface area contributed by atoms with Crippen molar-refractivity contribution < 1.29 is 23.8 Å². The molecule has 2 heterocycles. The van der Waals surface area contributed by atoms with Crippen molar-refractivity contribution >= 4 is 11.8 Å². The molecule has 0 aromatic heterocycles. The lowest BCUT2D eigenvalue weighted by atomic mass is 10.2. The molecule has 1 aliphatic carbocycles. The van der Waals surface area contributed by atoms with Crippen molar-refractivity contribution in [2.75, 3.05) is 20.3 Å². The van der Waals surface area contributed by atoms with E-state index in [1.54, 1.807) is 19.2 Å². The van der Waals surface area contributed by atoms with Crippen LogP contribution in [-0.4, -0.2) is 44.3 Å². The second-order valence-electron chi connectivity index (χ2n) is 8.02. The molecular weight excluding hydrogens is 408 g/mol. The second kappa shape index (κ2) is 11.6. The fourth-order valence-electron chi connectivity index (χ4n) is 3.46. The summed E-state index contributed by atoms with van der Waals surface area (Å²) >= 11 is 0. The third-order valence-electron chi connectivity index (χ3n) is 5.54. The maximum Gasteiger partial charge on any atom is 0.254 e. The van der Waals surface area contributed by atoms with Crippen LogP contribution in [0.15, 0.2) is 48.5 Å². The number of rotatable bonds is 4. The fourth-order valence-corrected chi connectivity index (χ4v) is 3.46. The number of nitrogens with two attached hydrogens (primary N) is 1. The largest absolute Gasteiger partial charge is 0.456 e. The standard InChI is InChI=1S/C15H15NO2.C6H10O2.C4H7NO/c1-11-7-3-5-9-13(11)18-14-10-6-4-8-12(14)15(17)16-2;1-3-7-6-2-4-8-5(1)6;5-4(6)3-1-2-3/h3-10H,1-2H3,(H,16,17);5-6H,1-4H2;3H,1-2H2,(H2,5,6). The SMILES string of the molecule is C1CC2OCCC2O1.CNC(=O)c1ccccc1Oc1ccccc1C.NC(=O)C1CC1. The van der Waals surface area contributed by atoms with E-state index in [-0.39, 0.29) is 17.7 Å². The van der Waals surface area contributed by atoms with Crippen molar-refractivity contribution in [3.05, 3.63) is 59.7 Å². The second-order valence-corrected chi connectivity index (χ2v) is 8.02. The van der Waals surface area contributed by atoms with Crippen LogP contribution in [-0.2, 0) is 14.3 Å². The average Bonchev–Trinajstić information content (AvgIpc) is 3.41. The number of carbonyl (C=O) groups excluding carboxylic acids is 2. The molecule has 2 unspecified atom stereocenters. The first-order valence-corrected chi connectivity index (χ1v) is 11.1. The van der Waals surface area contributed by atoms with E-state index in [4.69, 9.17) is 19.9 Å². The number of hydrogen-bond donors (Lipinski definition) is 2. The normalized spacial score (nSPS) is 20.7. The van der Waals surface area contributed by atoms with Gasteiger partial charge in [0.2, 0.25) is 5.91 Å². The Morgan fingerprint density at radius 3 is 1.97 bits per heavy atom. The summed E-state index contributed by atoms with van der Waals surface area (Å²) < 4.78 is 16.5. The minimum Gasteiger partial charge on any atom is -0.456 e. The number of carbonyl (C=O) groups is 2. The monoisotopic (exact) mass is 440 g/mol. The van der Waals surface area contributed by atoms with Crippen LogP contribution >= 0.6 is 0 Å². The first-order chi connectivity index (χ1) is 15.5. The van der Waals surface area contributed by atoms with Crippen molar-refractivity contribution in [1.29, 1.82) is 0 Å². The molecule has 2 amide bonds. The molecule has 2 atom stereocenters. The van der Waals surface area contributed by atoms with Crippen LogP contribution < -0.4 is 15.8 Å². The van der Waals surface area contributed by atoms with E-state index in [0.29, 0.717) is 23.5 Å². The van der Waals surface area contributed by atoms with Crippen LogP contribution in [0.4, 0.5) is 0 Å². The Bertz CT molecular complexity index is 893. The number of hydrogen-bond acceptors (Lipinski definition) is 5. The van der Waals surface area contributed by atoms with Gasteiger partial charge >= 0.3 is 0 Å². The molecular formula is C25H32N2O5. The number of nitrogens with one attached hydrogen (secondary N) is 1. The zero-order chi connectivity index (χ0) is 22.9. The number of primary amides is 1. The number of para-hydroxylation sites is 2. The van der Waals surface area contributed by atoms with Crippen LogP contribution in [0.3, 0.4) is 0 Å². The molecule has 3 fully saturated rings. The van der Waals surface area contributed by atoms with E-state index in [1.165, 1.54) is 0 Å². The lowest BCUT2D eigenvalue weighted by Gasteiger charge is -2.11. The molecule has 1 saturated carbocycles. The van der Waals surface area contributed by atoms with Gasteiger partial charge in [0, 0.05) is 26.2 Å². The number of benzene rings is 2. The smallest absolute Gasteiger partial charge is 0.254 e. The quantitative estimate of drug-likeness (QED) is 0.757. The van der Waals surface area contributed by atoms with E-state index in [1.807, 2.05) is 43.3 Å². The van der Waals surface area contributed by atoms with Gasteiger partial charge in [-0.05, 0) is 56.4 Å². The predicted octanol–water partition coefficient (Wildman–Crippen LogP) is 3.59.